The molecule has 4 rings (SSSR count). The van der Waals surface area contributed by atoms with E-state index in [1.807, 2.05) is 4.57 Å². The van der Waals surface area contributed by atoms with Gasteiger partial charge in [0, 0.05) is 57.8 Å². The molecule has 1 N–H and O–H groups in total. The number of aliphatic hydroxyl groups excluding tert-OH is 1. The Hall–Kier alpha value is -1.25. The van der Waals surface area contributed by atoms with E-state index in [4.69, 9.17) is 0 Å². The first-order valence-electron chi connectivity index (χ1n) is 7.52. The van der Waals surface area contributed by atoms with Gasteiger partial charge in [0.15, 0.2) is 0 Å². The van der Waals surface area contributed by atoms with Crippen molar-refractivity contribution in [3.8, 4) is 0 Å². The average Bonchev–Trinajstić information content (AvgIpc) is 2.83. The van der Waals surface area contributed by atoms with Crippen LogP contribution in [0.4, 0.5) is 8.78 Å². The molecule has 1 fully saturated rings. The van der Waals surface area contributed by atoms with E-state index in [1.54, 1.807) is 12.1 Å². The summed E-state index contributed by atoms with van der Waals surface area (Å²) in [4.78, 5) is 0. The Kier molecular flexibility index (Phi) is 3.78. The first kappa shape index (κ1) is 15.3. The molecule has 0 saturated carbocycles. The van der Waals surface area contributed by atoms with Crippen molar-refractivity contribution in [2.75, 3.05) is 13.1 Å². The topological polar surface area (TPSA) is 28.4 Å². The number of fused-ring (bicyclic) bond motifs is 3. The van der Waals surface area contributed by atoms with Gasteiger partial charge >= 0.3 is 0 Å². The number of aromatic nitrogens is 1. The molecule has 3 nitrogen and oxygen atoms in total. The highest BCUT2D eigenvalue weighted by atomic mass is 127. The number of benzene rings is 2. The first-order valence-corrected chi connectivity index (χ1v) is 8.48. The number of aliphatic hydroxyl groups is 1. The zero-order chi connectivity index (χ0) is 16.1. The number of nitrogens with zero attached hydrogens (tertiary/aromatic N) is 2. The van der Waals surface area contributed by atoms with Gasteiger partial charge in [-0.2, -0.15) is 0 Å². The molecule has 23 heavy (non-hydrogen) atoms. The Balaban J connectivity index is 2.03. The van der Waals surface area contributed by atoms with Crippen molar-refractivity contribution in [3.05, 3.63) is 48.0 Å². The predicted molar refractivity (Wildman–Crippen MR) is 94.6 cm³/mol. The molecule has 0 amide bonds. The summed E-state index contributed by atoms with van der Waals surface area (Å²) in [5.74, 6) is -0.693. The van der Waals surface area contributed by atoms with E-state index in [0.717, 1.165) is 17.6 Å². The molecule has 1 aliphatic rings. The Bertz CT molecular complexity index is 836. The highest BCUT2D eigenvalue weighted by Gasteiger charge is 2.30. The molecular weight excluding hydrogens is 413 g/mol. The van der Waals surface area contributed by atoms with Gasteiger partial charge in [0.1, 0.15) is 11.6 Å². The standard InChI is InChI=1S/C17H15F2IN2O/c18-10-1-3-14-12(7-10)13-8-11(19)2-4-15(13)22(14)16-9-21(20)6-5-17(16)23/h1-4,7-8,16-17,23H,5-6,9H2. The van der Waals surface area contributed by atoms with E-state index in [0.29, 0.717) is 23.7 Å². The monoisotopic (exact) mass is 428 g/mol. The van der Waals surface area contributed by atoms with Crippen LogP contribution in [-0.4, -0.2) is 32.0 Å². The smallest absolute Gasteiger partial charge is 0.123 e. The summed E-state index contributed by atoms with van der Waals surface area (Å²) in [7, 11) is 0. The van der Waals surface area contributed by atoms with Crippen molar-refractivity contribution < 1.29 is 13.9 Å². The maximum Gasteiger partial charge on any atom is 0.123 e. The summed E-state index contributed by atoms with van der Waals surface area (Å²) in [6.07, 6.45) is 0.201. The Morgan fingerprint density at radius 2 is 1.57 bits per heavy atom. The lowest BCUT2D eigenvalue weighted by Crippen LogP contribution is -2.39. The fourth-order valence-electron chi connectivity index (χ4n) is 3.49. The minimum absolute atomic E-state index is 0.142. The van der Waals surface area contributed by atoms with Crippen molar-refractivity contribution in [1.29, 1.82) is 0 Å². The first-order chi connectivity index (χ1) is 11.0. The number of rotatable bonds is 1. The third-order valence-corrected chi connectivity index (χ3v) is 5.43. The Labute approximate surface area is 146 Å². The van der Waals surface area contributed by atoms with Gasteiger partial charge in [-0.3, -0.25) is 0 Å². The molecule has 1 aromatic heterocycles. The zero-order valence-electron chi connectivity index (χ0n) is 12.2. The summed E-state index contributed by atoms with van der Waals surface area (Å²) >= 11 is 2.25. The van der Waals surface area contributed by atoms with Gasteiger partial charge in [0.2, 0.25) is 0 Å². The fourth-order valence-corrected chi connectivity index (χ4v) is 4.17. The number of hydrogen-bond donors (Lipinski definition) is 1. The highest BCUT2D eigenvalue weighted by Crippen LogP contribution is 2.36. The van der Waals surface area contributed by atoms with E-state index in [2.05, 4.69) is 26.0 Å². The molecule has 0 aliphatic carbocycles. The summed E-state index contributed by atoms with van der Waals surface area (Å²) < 4.78 is 31.6. The minimum atomic E-state index is -0.477. The van der Waals surface area contributed by atoms with Crippen LogP contribution in [0.15, 0.2) is 36.4 Å². The van der Waals surface area contributed by atoms with Gasteiger partial charge in [0.25, 0.3) is 0 Å². The lowest BCUT2D eigenvalue weighted by molar-refractivity contribution is 0.0707. The molecule has 0 spiro atoms. The van der Waals surface area contributed by atoms with E-state index >= 15 is 0 Å². The number of hydrogen-bond acceptors (Lipinski definition) is 2. The predicted octanol–water partition coefficient (Wildman–Crippen LogP) is 4.03. The highest BCUT2D eigenvalue weighted by molar-refractivity contribution is 14.1. The number of piperidine rings is 1. The lowest BCUT2D eigenvalue weighted by atomic mass is 10.0. The maximum atomic E-state index is 13.7. The Morgan fingerprint density at radius 1 is 1.00 bits per heavy atom. The van der Waals surface area contributed by atoms with Crippen LogP contribution < -0.4 is 0 Å². The summed E-state index contributed by atoms with van der Waals surface area (Å²) in [6, 6.07) is 8.96. The van der Waals surface area contributed by atoms with E-state index in [9.17, 15) is 13.9 Å². The molecule has 2 aromatic carbocycles. The summed E-state index contributed by atoms with van der Waals surface area (Å²) in [6.45, 7) is 1.52. The molecule has 1 aliphatic heterocycles. The van der Waals surface area contributed by atoms with Crippen LogP contribution in [-0.2, 0) is 0 Å². The SMILES string of the molecule is OC1CCN(I)CC1n1c2ccc(F)cc2c2cc(F)ccc21. The zero-order valence-corrected chi connectivity index (χ0v) is 14.4. The van der Waals surface area contributed by atoms with Crippen LogP contribution in [0, 0.1) is 11.6 Å². The molecule has 2 atom stereocenters. The van der Waals surface area contributed by atoms with Crippen LogP contribution in [0.25, 0.3) is 21.8 Å². The maximum absolute atomic E-state index is 13.7. The van der Waals surface area contributed by atoms with Gasteiger partial charge in [0.05, 0.1) is 12.1 Å². The van der Waals surface area contributed by atoms with Crippen LogP contribution in [0.1, 0.15) is 12.5 Å². The summed E-state index contributed by atoms with van der Waals surface area (Å²) in [5.41, 5.74) is 1.64. The van der Waals surface area contributed by atoms with Crippen LogP contribution >= 0.6 is 22.9 Å². The lowest BCUT2D eigenvalue weighted by Gasteiger charge is -2.34. The number of halogens is 3. The molecule has 2 heterocycles. The van der Waals surface area contributed by atoms with Crippen molar-refractivity contribution >= 4 is 44.7 Å². The van der Waals surface area contributed by atoms with Crippen molar-refractivity contribution in [1.82, 2.24) is 7.68 Å². The van der Waals surface area contributed by atoms with Gasteiger partial charge in [-0.1, -0.05) is 0 Å². The molecule has 6 heteroatoms. The van der Waals surface area contributed by atoms with Crippen LogP contribution in [0.3, 0.4) is 0 Å². The van der Waals surface area contributed by atoms with Crippen molar-refractivity contribution in [2.24, 2.45) is 0 Å². The minimum Gasteiger partial charge on any atom is -0.391 e. The molecule has 1 saturated heterocycles. The molecular formula is C17H15F2IN2O. The van der Waals surface area contributed by atoms with E-state index < -0.39 is 6.10 Å². The van der Waals surface area contributed by atoms with E-state index in [1.165, 1.54) is 24.3 Å². The van der Waals surface area contributed by atoms with Gasteiger partial charge < -0.3 is 9.67 Å². The van der Waals surface area contributed by atoms with Crippen molar-refractivity contribution in [2.45, 2.75) is 18.6 Å². The second-order valence-corrected chi connectivity index (χ2v) is 7.35. The second kappa shape index (κ2) is 5.68. The van der Waals surface area contributed by atoms with E-state index in [-0.39, 0.29) is 17.7 Å². The largest absolute Gasteiger partial charge is 0.391 e. The van der Waals surface area contributed by atoms with Gasteiger partial charge in [-0.25, -0.2) is 11.9 Å². The molecule has 0 radical (unpaired) electrons. The third-order valence-electron chi connectivity index (χ3n) is 4.55. The van der Waals surface area contributed by atoms with Crippen LogP contribution in [0.2, 0.25) is 0 Å². The molecule has 120 valence electrons. The fraction of sp³-hybridized carbons (Fsp3) is 0.294. The average molecular weight is 428 g/mol. The third kappa shape index (κ3) is 2.53. The quantitative estimate of drug-likeness (QED) is 0.469. The van der Waals surface area contributed by atoms with Gasteiger partial charge in [-0.15, -0.1) is 0 Å². The molecule has 2 unspecified atom stereocenters. The second-order valence-electron chi connectivity index (χ2n) is 5.99. The van der Waals surface area contributed by atoms with Crippen LogP contribution in [0.5, 0.6) is 0 Å². The normalized spacial score (nSPS) is 23.0. The molecule has 3 aromatic rings. The van der Waals surface area contributed by atoms with Gasteiger partial charge in [-0.05, 0) is 42.8 Å². The van der Waals surface area contributed by atoms with Crippen molar-refractivity contribution in [3.63, 3.8) is 0 Å². The summed E-state index contributed by atoms with van der Waals surface area (Å²) in [5, 5.41) is 11.8. The molecule has 0 bridgehead atoms. The Morgan fingerprint density at radius 3 is 2.13 bits per heavy atom.